The van der Waals surface area contributed by atoms with Gasteiger partial charge in [-0.25, -0.2) is 0 Å². The number of rotatable bonds is 3. The summed E-state index contributed by atoms with van der Waals surface area (Å²) in [7, 11) is 0. The highest BCUT2D eigenvalue weighted by atomic mass is 35.5. The molecule has 3 atom stereocenters. The molecule has 0 radical (unpaired) electrons. The lowest BCUT2D eigenvalue weighted by Crippen LogP contribution is -2.65. The van der Waals surface area contributed by atoms with Gasteiger partial charge in [0, 0.05) is 35.6 Å². The van der Waals surface area contributed by atoms with Gasteiger partial charge in [0.2, 0.25) is 5.91 Å². The van der Waals surface area contributed by atoms with E-state index in [1.165, 1.54) is 0 Å². The number of nitrogens with zero attached hydrogens (tertiary/aromatic N) is 1. The number of hydrogen-bond acceptors (Lipinski definition) is 2. The number of amides is 1. The van der Waals surface area contributed by atoms with Crippen molar-refractivity contribution in [2.45, 2.75) is 69.1 Å². The summed E-state index contributed by atoms with van der Waals surface area (Å²) in [6.45, 7) is 2.07. The lowest BCUT2D eigenvalue weighted by atomic mass is 9.61. The van der Waals surface area contributed by atoms with Crippen molar-refractivity contribution in [3.05, 3.63) is 33.9 Å². The van der Waals surface area contributed by atoms with E-state index in [4.69, 9.17) is 23.2 Å². The Morgan fingerprint density at radius 3 is 2.67 bits per heavy atom. The van der Waals surface area contributed by atoms with Crippen LogP contribution in [0.2, 0.25) is 10.0 Å². The Morgan fingerprint density at radius 1 is 1.30 bits per heavy atom. The molecule has 2 saturated heterocycles. The Hall–Kier alpha value is -1.23. The number of aliphatic hydroxyl groups is 1. The summed E-state index contributed by atoms with van der Waals surface area (Å²) in [6, 6.07) is 4.13. The number of halogens is 2. The number of hydrogen-bond donors (Lipinski definition) is 2. The molecule has 6 heteroatoms. The summed E-state index contributed by atoms with van der Waals surface area (Å²) in [5.41, 5.74) is 1.45. The van der Waals surface area contributed by atoms with Crippen LogP contribution in [0, 0.1) is 5.92 Å². The lowest BCUT2D eigenvalue weighted by molar-refractivity contribution is -0.174. The molecule has 4 aliphatic rings. The number of aromatic nitrogens is 1. The van der Waals surface area contributed by atoms with E-state index in [0.717, 1.165) is 48.6 Å². The van der Waals surface area contributed by atoms with Gasteiger partial charge in [0.05, 0.1) is 15.6 Å². The molecule has 2 aliphatic heterocycles. The van der Waals surface area contributed by atoms with Gasteiger partial charge < -0.3 is 15.0 Å². The molecule has 1 aromatic carbocycles. The number of fused-ring (bicyclic) bond motifs is 1. The Kier molecular flexibility index (Phi) is 4.05. The minimum atomic E-state index is -0.528. The minimum Gasteiger partial charge on any atom is -0.390 e. The van der Waals surface area contributed by atoms with Gasteiger partial charge in [-0.05, 0) is 61.6 Å². The number of nitrogens with one attached hydrogen (secondary N) is 1. The van der Waals surface area contributed by atoms with Gasteiger partial charge in [-0.15, -0.1) is 0 Å². The maximum absolute atomic E-state index is 13.2. The molecular formula is C21H24Cl2N2O2. The van der Waals surface area contributed by atoms with Crippen LogP contribution >= 0.6 is 23.2 Å². The van der Waals surface area contributed by atoms with Crippen LogP contribution in [-0.4, -0.2) is 38.6 Å². The first-order valence-electron chi connectivity index (χ1n) is 9.83. The average molecular weight is 407 g/mol. The van der Waals surface area contributed by atoms with E-state index in [2.05, 4.69) is 16.8 Å². The quantitative estimate of drug-likeness (QED) is 0.763. The third-order valence-corrected chi connectivity index (χ3v) is 7.77. The Labute approximate surface area is 168 Å². The van der Waals surface area contributed by atoms with Gasteiger partial charge in [-0.1, -0.05) is 30.1 Å². The number of H-pyrrole nitrogens is 1. The van der Waals surface area contributed by atoms with Gasteiger partial charge in [-0.2, -0.15) is 0 Å². The largest absolute Gasteiger partial charge is 0.390 e. The molecule has 4 fully saturated rings. The van der Waals surface area contributed by atoms with Crippen LogP contribution in [0.1, 0.15) is 56.9 Å². The number of carbonyl (C=O) groups excluding carboxylic acids is 1. The SMILES string of the molecule is CC(CC(=O)N1C2CC3CC1CC(O)(C3)C2)c1c[nH]c2ccc(Cl)c(Cl)c12. The average Bonchev–Trinajstić information content (AvgIpc) is 3.01. The van der Waals surface area contributed by atoms with Crippen molar-refractivity contribution in [2.24, 2.45) is 5.92 Å². The molecule has 6 rings (SSSR count). The van der Waals surface area contributed by atoms with E-state index in [1.54, 1.807) is 6.07 Å². The van der Waals surface area contributed by atoms with Gasteiger partial charge >= 0.3 is 0 Å². The number of aromatic amines is 1. The fraction of sp³-hybridized carbons (Fsp3) is 0.571. The molecule has 3 unspecified atom stereocenters. The first-order chi connectivity index (χ1) is 12.8. The third kappa shape index (κ3) is 2.80. The van der Waals surface area contributed by atoms with Crippen molar-refractivity contribution >= 4 is 40.0 Å². The lowest BCUT2D eigenvalue weighted by Gasteiger charge is -2.59. The summed E-state index contributed by atoms with van der Waals surface area (Å²) in [5.74, 6) is 0.832. The summed E-state index contributed by atoms with van der Waals surface area (Å²) in [5, 5.41) is 12.7. The molecule has 4 bridgehead atoms. The van der Waals surface area contributed by atoms with Crippen molar-refractivity contribution in [1.29, 1.82) is 0 Å². The molecule has 4 nitrogen and oxygen atoms in total. The van der Waals surface area contributed by atoms with E-state index in [-0.39, 0.29) is 23.9 Å². The Bertz CT molecular complexity index is 908. The molecule has 144 valence electrons. The second-order valence-electron chi connectivity index (χ2n) is 8.92. The fourth-order valence-electron chi connectivity index (χ4n) is 6.04. The summed E-state index contributed by atoms with van der Waals surface area (Å²) in [4.78, 5) is 18.6. The third-order valence-electron chi connectivity index (χ3n) is 6.96. The highest BCUT2D eigenvalue weighted by molar-refractivity contribution is 6.45. The molecule has 0 spiro atoms. The molecule has 1 aromatic heterocycles. The molecule has 2 aromatic rings. The van der Waals surface area contributed by atoms with Crippen molar-refractivity contribution < 1.29 is 9.90 Å². The Balaban J connectivity index is 1.38. The molecule has 2 saturated carbocycles. The van der Waals surface area contributed by atoms with E-state index in [1.807, 2.05) is 12.3 Å². The van der Waals surface area contributed by atoms with Gasteiger partial charge in [0.15, 0.2) is 0 Å². The van der Waals surface area contributed by atoms with Crippen LogP contribution in [-0.2, 0) is 4.79 Å². The Morgan fingerprint density at radius 2 is 2.00 bits per heavy atom. The molecule has 1 amide bonds. The van der Waals surface area contributed by atoms with Crippen LogP contribution in [0.5, 0.6) is 0 Å². The van der Waals surface area contributed by atoms with Crippen LogP contribution in [0.4, 0.5) is 0 Å². The monoisotopic (exact) mass is 406 g/mol. The zero-order valence-corrected chi connectivity index (χ0v) is 16.9. The van der Waals surface area contributed by atoms with Crippen molar-refractivity contribution in [3.8, 4) is 0 Å². The van der Waals surface area contributed by atoms with E-state index >= 15 is 0 Å². The normalized spacial score (nSPS) is 33.0. The van der Waals surface area contributed by atoms with Crippen LogP contribution in [0.25, 0.3) is 10.9 Å². The zero-order chi connectivity index (χ0) is 18.9. The fourth-order valence-corrected chi connectivity index (χ4v) is 6.47. The maximum atomic E-state index is 13.2. The van der Waals surface area contributed by atoms with Gasteiger partial charge in [0.25, 0.3) is 0 Å². The van der Waals surface area contributed by atoms with Crippen molar-refractivity contribution in [3.63, 3.8) is 0 Å². The summed E-state index contributed by atoms with van der Waals surface area (Å²) in [6.07, 6.45) is 6.91. The molecule has 3 heterocycles. The van der Waals surface area contributed by atoms with Crippen molar-refractivity contribution in [2.75, 3.05) is 0 Å². The first kappa shape index (κ1) is 17.8. The second kappa shape index (κ2) is 6.13. The second-order valence-corrected chi connectivity index (χ2v) is 9.70. The van der Waals surface area contributed by atoms with Crippen molar-refractivity contribution in [1.82, 2.24) is 9.88 Å². The molecule has 2 aliphatic carbocycles. The van der Waals surface area contributed by atoms with E-state index < -0.39 is 5.60 Å². The van der Waals surface area contributed by atoms with E-state index in [0.29, 0.717) is 22.4 Å². The highest BCUT2D eigenvalue weighted by Gasteiger charge is 2.54. The zero-order valence-electron chi connectivity index (χ0n) is 15.3. The number of carbonyl (C=O) groups is 1. The summed E-state index contributed by atoms with van der Waals surface area (Å²) < 4.78 is 0. The topological polar surface area (TPSA) is 56.3 Å². The van der Waals surface area contributed by atoms with Crippen LogP contribution < -0.4 is 0 Å². The standard InChI is InChI=1S/C21H24Cl2N2O2/c1-11(15-10-24-17-3-2-16(22)20(23)19(15)17)4-18(26)25-13-5-12-6-14(25)9-21(27,7-12)8-13/h2-3,10-14,24,27H,4-9H2,1H3. The van der Waals surface area contributed by atoms with Gasteiger partial charge in [-0.3, -0.25) is 4.79 Å². The summed E-state index contributed by atoms with van der Waals surface area (Å²) >= 11 is 12.6. The predicted octanol–water partition coefficient (Wildman–Crippen LogP) is 4.87. The van der Waals surface area contributed by atoms with Crippen LogP contribution in [0.15, 0.2) is 18.3 Å². The smallest absolute Gasteiger partial charge is 0.223 e. The predicted molar refractivity (Wildman–Crippen MR) is 107 cm³/mol. The highest BCUT2D eigenvalue weighted by Crippen LogP contribution is 2.51. The minimum absolute atomic E-state index is 0.0440. The number of piperidine rings is 2. The maximum Gasteiger partial charge on any atom is 0.223 e. The molecule has 2 N–H and O–H groups in total. The molecule has 27 heavy (non-hydrogen) atoms. The van der Waals surface area contributed by atoms with Crippen LogP contribution in [0.3, 0.4) is 0 Å². The van der Waals surface area contributed by atoms with E-state index in [9.17, 15) is 9.90 Å². The number of benzene rings is 1. The van der Waals surface area contributed by atoms with Gasteiger partial charge in [0.1, 0.15) is 0 Å². The first-order valence-corrected chi connectivity index (χ1v) is 10.6. The molecular weight excluding hydrogens is 383 g/mol.